The molecule has 1 aromatic rings. The van der Waals surface area contributed by atoms with Gasteiger partial charge in [-0.25, -0.2) is 18.6 Å². The molecule has 0 spiro atoms. The van der Waals surface area contributed by atoms with Crippen LogP contribution in [0.15, 0.2) is 18.3 Å². The number of nitrogens with one attached hydrogen (secondary N) is 1. The Kier molecular flexibility index (Phi) is 6.04. The summed E-state index contributed by atoms with van der Waals surface area (Å²) in [5.41, 5.74) is -1.34. The van der Waals surface area contributed by atoms with Gasteiger partial charge >= 0.3 is 18.3 Å². The summed E-state index contributed by atoms with van der Waals surface area (Å²) in [5.74, 6) is -6.46. The number of hydrogen-bond acceptors (Lipinski definition) is 4. The number of carboxylic acid groups (broad SMARTS) is 1. The van der Waals surface area contributed by atoms with Gasteiger partial charge in [-0.15, -0.1) is 0 Å². The van der Waals surface area contributed by atoms with Crippen LogP contribution in [0.4, 0.5) is 17.6 Å². The number of pyridine rings is 1. The van der Waals surface area contributed by atoms with Crippen LogP contribution in [0, 0.1) is 0 Å². The lowest BCUT2D eigenvalue weighted by Gasteiger charge is -2.33. The van der Waals surface area contributed by atoms with Crippen molar-refractivity contribution in [3.05, 3.63) is 23.9 Å². The van der Waals surface area contributed by atoms with Crippen LogP contribution in [0.5, 0.6) is 5.88 Å². The molecule has 1 amide bonds. The topological polar surface area (TPSA) is 88.5 Å². The van der Waals surface area contributed by atoms with Gasteiger partial charge in [-0.3, -0.25) is 4.79 Å². The normalized spacial score (nSPS) is 17.0. The van der Waals surface area contributed by atoms with Crippen LogP contribution in [0.2, 0.25) is 0 Å². The molecule has 0 bridgehead atoms. The summed E-state index contributed by atoms with van der Waals surface area (Å²) in [6.45, 7) is -1.55. The van der Waals surface area contributed by atoms with Gasteiger partial charge < -0.3 is 15.2 Å². The minimum atomic E-state index is -4.31. The molecular weight excluding hydrogens is 360 g/mol. The lowest BCUT2D eigenvalue weighted by atomic mass is 9.81. The average molecular weight is 378 g/mol. The Morgan fingerprint density at radius 3 is 2.42 bits per heavy atom. The summed E-state index contributed by atoms with van der Waals surface area (Å²) in [5, 5.41) is 11.9. The second-order valence-corrected chi connectivity index (χ2v) is 6.14. The molecule has 1 aromatic heterocycles. The van der Waals surface area contributed by atoms with Crippen LogP contribution >= 0.6 is 0 Å². The second-order valence-electron chi connectivity index (χ2n) is 6.14. The largest absolute Gasteiger partial charge is 0.480 e. The number of rotatable bonds is 7. The molecule has 1 aliphatic rings. The van der Waals surface area contributed by atoms with E-state index in [1.54, 1.807) is 0 Å². The minimum Gasteiger partial charge on any atom is -0.480 e. The van der Waals surface area contributed by atoms with E-state index in [1.165, 1.54) is 6.07 Å². The molecule has 0 aromatic carbocycles. The molecule has 144 valence electrons. The molecule has 1 heterocycles. The van der Waals surface area contributed by atoms with Gasteiger partial charge in [-0.2, -0.15) is 8.78 Å². The standard InChI is InChI=1S/C16H18F4N2O4/c17-13(18)16(19,20)9-26-11-5-4-10(8-21-11)12(23)22-15(14(24)25)6-2-1-3-7-15/h4-5,8,13H,1-3,6-7,9H2,(H,22,23)(H,24,25). The third-order valence-electron chi connectivity index (χ3n) is 4.20. The van der Waals surface area contributed by atoms with Gasteiger partial charge in [0.1, 0.15) is 5.54 Å². The summed E-state index contributed by atoms with van der Waals surface area (Å²) >= 11 is 0. The molecule has 1 aliphatic carbocycles. The number of carbonyl (C=O) groups excluding carboxylic acids is 1. The van der Waals surface area contributed by atoms with Crippen LogP contribution in [-0.2, 0) is 4.79 Å². The van der Waals surface area contributed by atoms with E-state index in [4.69, 9.17) is 0 Å². The van der Waals surface area contributed by atoms with Crippen molar-refractivity contribution in [3.8, 4) is 5.88 Å². The number of aliphatic carboxylic acids is 1. The molecule has 0 aliphatic heterocycles. The highest BCUT2D eigenvalue weighted by atomic mass is 19.3. The van der Waals surface area contributed by atoms with Crippen LogP contribution in [0.3, 0.4) is 0 Å². The van der Waals surface area contributed by atoms with Crippen LogP contribution < -0.4 is 10.1 Å². The number of halogens is 4. The Balaban J connectivity index is 2.01. The van der Waals surface area contributed by atoms with Gasteiger partial charge in [0, 0.05) is 12.3 Å². The molecule has 0 unspecified atom stereocenters. The van der Waals surface area contributed by atoms with E-state index in [-0.39, 0.29) is 11.4 Å². The Morgan fingerprint density at radius 2 is 1.92 bits per heavy atom. The number of alkyl halides is 4. The number of amides is 1. The molecule has 2 rings (SSSR count). The molecule has 2 N–H and O–H groups in total. The molecule has 1 fully saturated rings. The van der Waals surface area contributed by atoms with E-state index in [2.05, 4.69) is 15.0 Å². The fourth-order valence-corrected chi connectivity index (χ4v) is 2.67. The maximum absolute atomic E-state index is 12.8. The molecule has 0 radical (unpaired) electrons. The summed E-state index contributed by atoms with van der Waals surface area (Å²) in [6.07, 6.45) is 0.00357. The monoisotopic (exact) mass is 378 g/mol. The molecule has 0 atom stereocenters. The maximum Gasteiger partial charge on any atom is 0.340 e. The predicted molar refractivity (Wildman–Crippen MR) is 81.6 cm³/mol. The van der Waals surface area contributed by atoms with E-state index in [0.29, 0.717) is 25.7 Å². The quantitative estimate of drug-likeness (QED) is 0.713. The molecule has 0 saturated heterocycles. The smallest absolute Gasteiger partial charge is 0.340 e. The first-order chi connectivity index (χ1) is 12.2. The number of aromatic nitrogens is 1. The summed E-state index contributed by atoms with van der Waals surface area (Å²) in [4.78, 5) is 27.4. The average Bonchev–Trinajstić information content (AvgIpc) is 2.61. The molecule has 6 nitrogen and oxygen atoms in total. The molecule has 10 heteroatoms. The predicted octanol–water partition coefficient (Wildman–Crippen LogP) is 2.88. The Morgan fingerprint density at radius 1 is 1.27 bits per heavy atom. The Bertz CT molecular complexity index is 646. The number of carboxylic acids is 1. The number of nitrogens with zero attached hydrogens (tertiary/aromatic N) is 1. The number of ether oxygens (including phenoxy) is 1. The number of carbonyl (C=O) groups is 2. The third-order valence-corrected chi connectivity index (χ3v) is 4.20. The van der Waals surface area contributed by atoms with E-state index >= 15 is 0 Å². The zero-order chi connectivity index (χ0) is 19.4. The van der Waals surface area contributed by atoms with Crippen molar-refractivity contribution in [2.24, 2.45) is 0 Å². The third kappa shape index (κ3) is 4.61. The van der Waals surface area contributed by atoms with Gasteiger partial charge in [-0.05, 0) is 18.9 Å². The van der Waals surface area contributed by atoms with Crippen molar-refractivity contribution >= 4 is 11.9 Å². The van der Waals surface area contributed by atoms with E-state index in [0.717, 1.165) is 18.7 Å². The van der Waals surface area contributed by atoms with Gasteiger partial charge in [0.2, 0.25) is 5.88 Å². The van der Waals surface area contributed by atoms with Gasteiger partial charge in [0.05, 0.1) is 5.56 Å². The maximum atomic E-state index is 12.8. The van der Waals surface area contributed by atoms with Crippen molar-refractivity contribution in [2.45, 2.75) is 50.0 Å². The van der Waals surface area contributed by atoms with Gasteiger partial charge in [0.15, 0.2) is 6.61 Å². The fourth-order valence-electron chi connectivity index (χ4n) is 2.67. The molecular formula is C16H18F4N2O4. The van der Waals surface area contributed by atoms with Crippen molar-refractivity contribution in [1.82, 2.24) is 10.3 Å². The van der Waals surface area contributed by atoms with E-state index < -0.39 is 36.4 Å². The first kappa shape index (κ1) is 19.9. The van der Waals surface area contributed by atoms with Crippen molar-refractivity contribution in [2.75, 3.05) is 6.61 Å². The van der Waals surface area contributed by atoms with Crippen LogP contribution in [0.25, 0.3) is 0 Å². The van der Waals surface area contributed by atoms with Crippen molar-refractivity contribution in [3.63, 3.8) is 0 Å². The number of hydrogen-bond donors (Lipinski definition) is 2. The lowest BCUT2D eigenvalue weighted by molar-refractivity contribution is -0.148. The van der Waals surface area contributed by atoms with Crippen LogP contribution in [0.1, 0.15) is 42.5 Å². The minimum absolute atomic E-state index is 0.00386. The fraction of sp³-hybridized carbons (Fsp3) is 0.562. The molecule has 1 saturated carbocycles. The van der Waals surface area contributed by atoms with E-state index in [1.807, 2.05) is 0 Å². The van der Waals surface area contributed by atoms with Crippen molar-refractivity contribution < 1.29 is 37.0 Å². The lowest BCUT2D eigenvalue weighted by Crippen LogP contribution is -2.55. The highest BCUT2D eigenvalue weighted by molar-refractivity contribution is 5.97. The summed E-state index contributed by atoms with van der Waals surface area (Å²) < 4.78 is 54.2. The Hall–Kier alpha value is -2.39. The van der Waals surface area contributed by atoms with E-state index in [9.17, 15) is 32.3 Å². The molecule has 26 heavy (non-hydrogen) atoms. The second kappa shape index (κ2) is 7.88. The highest BCUT2D eigenvalue weighted by Gasteiger charge is 2.42. The van der Waals surface area contributed by atoms with Crippen LogP contribution in [-0.4, -0.2) is 46.5 Å². The van der Waals surface area contributed by atoms with Gasteiger partial charge in [0.25, 0.3) is 5.91 Å². The highest BCUT2D eigenvalue weighted by Crippen LogP contribution is 2.29. The first-order valence-corrected chi connectivity index (χ1v) is 7.97. The SMILES string of the molecule is O=C(NC1(C(=O)O)CCCCC1)c1ccc(OCC(F)(F)C(F)F)nc1. The summed E-state index contributed by atoms with van der Waals surface area (Å²) in [7, 11) is 0. The Labute approximate surface area is 146 Å². The zero-order valence-electron chi connectivity index (χ0n) is 13.7. The van der Waals surface area contributed by atoms with Gasteiger partial charge in [-0.1, -0.05) is 19.3 Å². The zero-order valence-corrected chi connectivity index (χ0v) is 13.7. The first-order valence-electron chi connectivity index (χ1n) is 7.97. The van der Waals surface area contributed by atoms with Crippen molar-refractivity contribution in [1.29, 1.82) is 0 Å². The summed E-state index contributed by atoms with van der Waals surface area (Å²) in [6, 6.07) is 2.27.